The molecule has 3 aliphatic rings. The van der Waals surface area contributed by atoms with Gasteiger partial charge in [-0.15, -0.1) is 0 Å². The summed E-state index contributed by atoms with van der Waals surface area (Å²) in [5.74, 6) is -0.968. The zero-order valence-corrected chi connectivity index (χ0v) is 10.9. The Bertz CT molecular complexity index is 318. The molecule has 1 N–H and O–H groups in total. The molecule has 0 radical (unpaired) electrons. The zero-order chi connectivity index (χ0) is 12.3. The number of fused-ring (bicyclic) bond motifs is 1. The largest absolute Gasteiger partial charge is 0.348 e. The van der Waals surface area contributed by atoms with Gasteiger partial charge in [0.15, 0.2) is 11.6 Å². The van der Waals surface area contributed by atoms with E-state index in [1.54, 1.807) is 0 Å². The van der Waals surface area contributed by atoms with Gasteiger partial charge in [0.1, 0.15) is 18.3 Å². The fourth-order valence-electron chi connectivity index (χ4n) is 2.93. The van der Waals surface area contributed by atoms with E-state index in [0.717, 1.165) is 6.54 Å². The second-order valence-corrected chi connectivity index (χ2v) is 5.94. The minimum absolute atomic E-state index is 0.0394. The highest BCUT2D eigenvalue weighted by atomic mass is 16.8. The molecule has 3 fully saturated rings. The van der Waals surface area contributed by atoms with E-state index in [2.05, 4.69) is 5.32 Å². The Morgan fingerprint density at radius 3 is 2.29 bits per heavy atom. The Balaban J connectivity index is 1.70. The molecule has 5 nitrogen and oxygen atoms in total. The van der Waals surface area contributed by atoms with Crippen LogP contribution < -0.4 is 5.32 Å². The van der Waals surface area contributed by atoms with Crippen LogP contribution in [0, 0.1) is 0 Å². The molecule has 0 aliphatic carbocycles. The van der Waals surface area contributed by atoms with Crippen LogP contribution in [0.2, 0.25) is 0 Å². The maximum atomic E-state index is 5.95. The van der Waals surface area contributed by atoms with Crippen LogP contribution in [0.25, 0.3) is 0 Å². The Kier molecular flexibility index (Phi) is 2.55. The van der Waals surface area contributed by atoms with E-state index in [1.165, 1.54) is 0 Å². The standard InChI is InChI=1S/C12H21NO4/c1-11(2)14-6-8(16-11)9-10-7(5-13-9)15-12(3,4)17-10/h7-10,13H,5-6H2,1-4H3/t7?,8?,9-,10?/m0/s1. The van der Waals surface area contributed by atoms with Gasteiger partial charge < -0.3 is 24.3 Å². The highest BCUT2D eigenvalue weighted by Crippen LogP contribution is 2.36. The maximum Gasteiger partial charge on any atom is 0.163 e. The van der Waals surface area contributed by atoms with Crippen molar-refractivity contribution in [3.63, 3.8) is 0 Å². The van der Waals surface area contributed by atoms with E-state index in [9.17, 15) is 0 Å². The van der Waals surface area contributed by atoms with Gasteiger partial charge in [-0.25, -0.2) is 0 Å². The van der Waals surface area contributed by atoms with Crippen LogP contribution in [0.5, 0.6) is 0 Å². The molecular weight excluding hydrogens is 222 g/mol. The molecule has 0 aromatic rings. The third-order valence-corrected chi connectivity index (χ3v) is 3.56. The predicted molar refractivity (Wildman–Crippen MR) is 60.5 cm³/mol. The van der Waals surface area contributed by atoms with Gasteiger partial charge in [0.25, 0.3) is 0 Å². The molecule has 3 rings (SSSR count). The predicted octanol–water partition coefficient (Wildman–Crippen LogP) is 0.630. The van der Waals surface area contributed by atoms with E-state index >= 15 is 0 Å². The first-order valence-electron chi connectivity index (χ1n) is 6.27. The van der Waals surface area contributed by atoms with Crippen LogP contribution >= 0.6 is 0 Å². The van der Waals surface area contributed by atoms with Crippen molar-refractivity contribution in [2.75, 3.05) is 13.2 Å². The maximum absolute atomic E-state index is 5.95. The van der Waals surface area contributed by atoms with Crippen LogP contribution in [0.1, 0.15) is 27.7 Å². The van der Waals surface area contributed by atoms with Crippen molar-refractivity contribution in [1.82, 2.24) is 5.32 Å². The van der Waals surface area contributed by atoms with Crippen molar-refractivity contribution in [2.24, 2.45) is 0 Å². The van der Waals surface area contributed by atoms with Gasteiger partial charge in [0.05, 0.1) is 12.6 Å². The van der Waals surface area contributed by atoms with Crippen molar-refractivity contribution in [3.8, 4) is 0 Å². The smallest absolute Gasteiger partial charge is 0.163 e. The Morgan fingerprint density at radius 2 is 1.65 bits per heavy atom. The lowest BCUT2D eigenvalue weighted by Gasteiger charge is -2.26. The molecule has 0 saturated carbocycles. The number of hydrogen-bond donors (Lipinski definition) is 1. The first-order valence-corrected chi connectivity index (χ1v) is 6.27. The SMILES string of the molecule is CC1(C)OCC([C@@H]2NCC3OC(C)(C)OC32)O1. The van der Waals surface area contributed by atoms with Crippen LogP contribution in [0.15, 0.2) is 0 Å². The minimum Gasteiger partial charge on any atom is -0.348 e. The highest BCUT2D eigenvalue weighted by molar-refractivity contribution is 5.02. The van der Waals surface area contributed by atoms with Gasteiger partial charge >= 0.3 is 0 Å². The molecular formula is C12H21NO4. The summed E-state index contributed by atoms with van der Waals surface area (Å²) in [4.78, 5) is 0. The lowest BCUT2D eigenvalue weighted by Crippen LogP contribution is -2.46. The lowest BCUT2D eigenvalue weighted by atomic mass is 10.1. The first kappa shape index (κ1) is 11.9. The number of nitrogens with one attached hydrogen (secondary N) is 1. The summed E-state index contributed by atoms with van der Waals surface area (Å²) in [6.07, 6.45) is 0.229. The van der Waals surface area contributed by atoms with E-state index in [-0.39, 0.29) is 24.4 Å². The molecule has 0 spiro atoms. The molecule has 4 atom stereocenters. The van der Waals surface area contributed by atoms with E-state index < -0.39 is 11.6 Å². The minimum atomic E-state index is -0.487. The molecule has 3 aliphatic heterocycles. The van der Waals surface area contributed by atoms with Gasteiger partial charge in [0, 0.05) is 6.54 Å². The first-order chi connectivity index (χ1) is 7.86. The van der Waals surface area contributed by atoms with Crippen molar-refractivity contribution in [2.45, 2.75) is 63.6 Å². The molecule has 5 heteroatoms. The summed E-state index contributed by atoms with van der Waals surface area (Å²) in [6.45, 7) is 9.22. The summed E-state index contributed by atoms with van der Waals surface area (Å²) in [7, 11) is 0. The molecule has 0 aromatic heterocycles. The number of rotatable bonds is 1. The molecule has 0 bridgehead atoms. The third-order valence-electron chi connectivity index (χ3n) is 3.56. The summed E-state index contributed by atoms with van der Waals surface area (Å²) in [6, 6.07) is 0.156. The molecule has 0 amide bonds. The highest BCUT2D eigenvalue weighted by Gasteiger charge is 2.53. The van der Waals surface area contributed by atoms with Crippen molar-refractivity contribution >= 4 is 0 Å². The van der Waals surface area contributed by atoms with Crippen molar-refractivity contribution < 1.29 is 18.9 Å². The summed E-state index contributed by atoms with van der Waals surface area (Å²) < 4.78 is 23.3. The van der Waals surface area contributed by atoms with Crippen LogP contribution in [0.3, 0.4) is 0 Å². The molecule has 17 heavy (non-hydrogen) atoms. The van der Waals surface area contributed by atoms with E-state index in [1.807, 2.05) is 27.7 Å². The fraction of sp³-hybridized carbons (Fsp3) is 1.00. The Morgan fingerprint density at radius 1 is 0.941 bits per heavy atom. The zero-order valence-electron chi connectivity index (χ0n) is 10.9. The average Bonchev–Trinajstić information content (AvgIpc) is 2.77. The van der Waals surface area contributed by atoms with Crippen molar-refractivity contribution in [3.05, 3.63) is 0 Å². The van der Waals surface area contributed by atoms with Gasteiger partial charge in [-0.3, -0.25) is 0 Å². The number of ether oxygens (including phenoxy) is 4. The van der Waals surface area contributed by atoms with Gasteiger partial charge in [-0.1, -0.05) is 0 Å². The van der Waals surface area contributed by atoms with Crippen LogP contribution in [-0.2, 0) is 18.9 Å². The summed E-state index contributed by atoms with van der Waals surface area (Å²) in [5.41, 5.74) is 0. The van der Waals surface area contributed by atoms with E-state index in [0.29, 0.717) is 6.61 Å². The van der Waals surface area contributed by atoms with Gasteiger partial charge in [0.2, 0.25) is 0 Å². The second kappa shape index (κ2) is 3.65. The summed E-state index contributed by atoms with van der Waals surface area (Å²) in [5, 5.41) is 3.42. The lowest BCUT2D eigenvalue weighted by molar-refractivity contribution is -0.165. The molecule has 3 unspecified atom stereocenters. The fourth-order valence-corrected chi connectivity index (χ4v) is 2.93. The van der Waals surface area contributed by atoms with Crippen LogP contribution in [0.4, 0.5) is 0 Å². The third kappa shape index (κ3) is 2.11. The van der Waals surface area contributed by atoms with E-state index in [4.69, 9.17) is 18.9 Å². The summed E-state index contributed by atoms with van der Waals surface area (Å²) >= 11 is 0. The molecule has 3 saturated heterocycles. The number of hydrogen-bond acceptors (Lipinski definition) is 5. The quantitative estimate of drug-likeness (QED) is 0.732. The monoisotopic (exact) mass is 243 g/mol. The van der Waals surface area contributed by atoms with Gasteiger partial charge in [-0.05, 0) is 27.7 Å². The average molecular weight is 243 g/mol. The van der Waals surface area contributed by atoms with Crippen molar-refractivity contribution in [1.29, 1.82) is 0 Å². The second-order valence-electron chi connectivity index (χ2n) is 5.94. The Labute approximate surface area is 102 Å². The molecule has 3 heterocycles. The topological polar surface area (TPSA) is 49.0 Å². The molecule has 0 aromatic carbocycles. The van der Waals surface area contributed by atoms with Crippen LogP contribution in [-0.4, -0.2) is 49.1 Å². The van der Waals surface area contributed by atoms with Gasteiger partial charge in [-0.2, -0.15) is 0 Å². The Hall–Kier alpha value is -0.200. The normalized spacial score (nSPS) is 47.3. The molecule has 98 valence electrons.